The Balaban J connectivity index is 2.15. The highest BCUT2D eigenvalue weighted by atomic mass is 19.2. The summed E-state index contributed by atoms with van der Waals surface area (Å²) in [5, 5.41) is 3.29. The fraction of sp³-hybridized carbons (Fsp3) is 0.250. The molecule has 1 nitrogen and oxygen atoms in total. The molecule has 0 aliphatic carbocycles. The lowest BCUT2D eigenvalue weighted by Crippen LogP contribution is -2.07. The minimum atomic E-state index is -0.816. The average Bonchev–Trinajstić information content (AvgIpc) is 2.42. The van der Waals surface area contributed by atoms with Crippen LogP contribution in [0.15, 0.2) is 42.5 Å². The monoisotopic (exact) mass is 261 g/mol. The third-order valence-electron chi connectivity index (χ3n) is 3.16. The number of nitrogens with one attached hydrogen (secondary N) is 1. The number of halogens is 2. The number of aryl methyl sites for hydroxylation is 1. The fourth-order valence-electron chi connectivity index (χ4n) is 2.00. The molecule has 0 amide bonds. The van der Waals surface area contributed by atoms with E-state index in [9.17, 15) is 8.78 Å². The van der Waals surface area contributed by atoms with Crippen molar-refractivity contribution in [3.63, 3.8) is 0 Å². The van der Waals surface area contributed by atoms with Crippen LogP contribution in [0.1, 0.15) is 31.0 Å². The van der Waals surface area contributed by atoms with Gasteiger partial charge in [-0.1, -0.05) is 25.1 Å². The predicted molar refractivity (Wildman–Crippen MR) is 74.2 cm³/mol. The molecule has 0 fully saturated rings. The van der Waals surface area contributed by atoms with E-state index in [1.165, 1.54) is 11.6 Å². The summed E-state index contributed by atoms with van der Waals surface area (Å²) in [6, 6.07) is 12.0. The van der Waals surface area contributed by atoms with Gasteiger partial charge >= 0.3 is 0 Å². The van der Waals surface area contributed by atoms with Gasteiger partial charge in [-0.05, 0) is 48.7 Å². The van der Waals surface area contributed by atoms with E-state index in [1.54, 1.807) is 6.07 Å². The first-order chi connectivity index (χ1) is 9.10. The second kappa shape index (κ2) is 5.83. The van der Waals surface area contributed by atoms with Crippen LogP contribution in [0.2, 0.25) is 0 Å². The molecule has 0 aromatic heterocycles. The number of hydrogen-bond donors (Lipinski definition) is 1. The van der Waals surface area contributed by atoms with Gasteiger partial charge in [0.15, 0.2) is 11.6 Å². The quantitative estimate of drug-likeness (QED) is 0.841. The Hall–Kier alpha value is -1.90. The van der Waals surface area contributed by atoms with Crippen molar-refractivity contribution in [2.24, 2.45) is 0 Å². The molecule has 19 heavy (non-hydrogen) atoms. The van der Waals surface area contributed by atoms with Gasteiger partial charge < -0.3 is 5.32 Å². The first-order valence-electron chi connectivity index (χ1n) is 6.40. The van der Waals surface area contributed by atoms with Crippen LogP contribution in [-0.2, 0) is 6.42 Å². The fourth-order valence-corrected chi connectivity index (χ4v) is 2.00. The Morgan fingerprint density at radius 2 is 1.84 bits per heavy atom. The number of anilines is 1. The summed E-state index contributed by atoms with van der Waals surface area (Å²) in [6.07, 6.45) is 0.967. The van der Waals surface area contributed by atoms with E-state index in [2.05, 4.69) is 24.4 Å². The maximum Gasteiger partial charge on any atom is 0.159 e. The minimum absolute atomic E-state index is 0.0813. The zero-order valence-electron chi connectivity index (χ0n) is 11.1. The van der Waals surface area contributed by atoms with Crippen molar-refractivity contribution < 1.29 is 8.78 Å². The summed E-state index contributed by atoms with van der Waals surface area (Å²) in [7, 11) is 0. The van der Waals surface area contributed by atoms with Gasteiger partial charge in [-0.2, -0.15) is 0 Å². The Morgan fingerprint density at radius 1 is 1.05 bits per heavy atom. The largest absolute Gasteiger partial charge is 0.379 e. The Kier molecular flexibility index (Phi) is 4.15. The molecule has 0 radical (unpaired) electrons. The van der Waals surface area contributed by atoms with Crippen molar-refractivity contribution in [2.75, 3.05) is 5.32 Å². The van der Waals surface area contributed by atoms with Gasteiger partial charge in [0.1, 0.15) is 0 Å². The van der Waals surface area contributed by atoms with Gasteiger partial charge in [0.25, 0.3) is 0 Å². The second-order valence-electron chi connectivity index (χ2n) is 4.59. The van der Waals surface area contributed by atoms with E-state index < -0.39 is 11.6 Å². The third-order valence-corrected chi connectivity index (χ3v) is 3.16. The SMILES string of the molecule is CCc1cccc(NC(C)c2ccc(F)c(F)c2)c1. The van der Waals surface area contributed by atoms with Crippen LogP contribution >= 0.6 is 0 Å². The molecule has 0 aliphatic rings. The van der Waals surface area contributed by atoms with E-state index >= 15 is 0 Å². The van der Waals surface area contributed by atoms with Crippen molar-refractivity contribution in [1.29, 1.82) is 0 Å². The normalized spacial score (nSPS) is 12.2. The zero-order valence-corrected chi connectivity index (χ0v) is 11.1. The second-order valence-corrected chi connectivity index (χ2v) is 4.59. The first-order valence-corrected chi connectivity index (χ1v) is 6.40. The van der Waals surface area contributed by atoms with Crippen LogP contribution in [0.25, 0.3) is 0 Å². The lowest BCUT2D eigenvalue weighted by molar-refractivity contribution is 0.506. The molecule has 0 aliphatic heterocycles. The van der Waals surface area contributed by atoms with Crippen molar-refractivity contribution in [3.05, 3.63) is 65.2 Å². The molecule has 1 N–H and O–H groups in total. The predicted octanol–water partition coefficient (Wildman–Crippen LogP) is 4.70. The van der Waals surface area contributed by atoms with E-state index in [0.717, 1.165) is 23.7 Å². The summed E-state index contributed by atoms with van der Waals surface area (Å²) >= 11 is 0. The van der Waals surface area contributed by atoms with E-state index in [4.69, 9.17) is 0 Å². The molecule has 3 heteroatoms. The van der Waals surface area contributed by atoms with Crippen LogP contribution in [0.5, 0.6) is 0 Å². The van der Waals surface area contributed by atoms with Gasteiger partial charge in [0.05, 0.1) is 0 Å². The number of rotatable bonds is 4. The average molecular weight is 261 g/mol. The molecule has 0 saturated carbocycles. The smallest absolute Gasteiger partial charge is 0.159 e. The first kappa shape index (κ1) is 13.5. The van der Waals surface area contributed by atoms with Gasteiger partial charge in [-0.3, -0.25) is 0 Å². The summed E-state index contributed by atoms with van der Waals surface area (Å²) in [5.74, 6) is -1.63. The van der Waals surface area contributed by atoms with Crippen LogP contribution in [0, 0.1) is 11.6 Å². The van der Waals surface area contributed by atoms with Crippen molar-refractivity contribution in [3.8, 4) is 0 Å². The maximum absolute atomic E-state index is 13.2. The molecule has 0 spiro atoms. The van der Waals surface area contributed by atoms with Gasteiger partial charge in [0, 0.05) is 11.7 Å². The molecule has 2 aromatic carbocycles. The Morgan fingerprint density at radius 3 is 2.53 bits per heavy atom. The Labute approximate surface area is 112 Å². The maximum atomic E-state index is 13.2. The van der Waals surface area contributed by atoms with Gasteiger partial charge in [-0.25, -0.2) is 8.78 Å². The van der Waals surface area contributed by atoms with Crippen LogP contribution in [-0.4, -0.2) is 0 Å². The number of benzene rings is 2. The molecular formula is C16H17F2N. The van der Waals surface area contributed by atoms with E-state index in [1.807, 2.05) is 19.1 Å². The van der Waals surface area contributed by atoms with Crippen molar-refractivity contribution in [1.82, 2.24) is 0 Å². The number of hydrogen-bond acceptors (Lipinski definition) is 1. The molecule has 1 unspecified atom stereocenters. The molecule has 0 heterocycles. The lowest BCUT2D eigenvalue weighted by atomic mass is 10.1. The highest BCUT2D eigenvalue weighted by Gasteiger charge is 2.09. The molecule has 2 rings (SSSR count). The molecule has 0 bridgehead atoms. The summed E-state index contributed by atoms with van der Waals surface area (Å²) < 4.78 is 26.1. The van der Waals surface area contributed by atoms with E-state index in [0.29, 0.717) is 0 Å². The molecule has 0 saturated heterocycles. The van der Waals surface area contributed by atoms with Crippen LogP contribution in [0.3, 0.4) is 0 Å². The molecule has 2 aromatic rings. The molecule has 1 atom stereocenters. The van der Waals surface area contributed by atoms with Crippen molar-refractivity contribution in [2.45, 2.75) is 26.3 Å². The van der Waals surface area contributed by atoms with Crippen molar-refractivity contribution >= 4 is 5.69 Å². The van der Waals surface area contributed by atoms with Gasteiger partial charge in [-0.15, -0.1) is 0 Å². The third kappa shape index (κ3) is 3.31. The summed E-state index contributed by atoms with van der Waals surface area (Å²) in [4.78, 5) is 0. The standard InChI is InChI=1S/C16H17F2N/c1-3-12-5-4-6-14(9-12)19-11(2)13-7-8-15(17)16(18)10-13/h4-11,19H,3H2,1-2H3. The van der Waals surface area contributed by atoms with Crippen LogP contribution < -0.4 is 5.32 Å². The topological polar surface area (TPSA) is 12.0 Å². The molecular weight excluding hydrogens is 244 g/mol. The summed E-state index contributed by atoms with van der Waals surface area (Å²) in [6.45, 7) is 4.02. The minimum Gasteiger partial charge on any atom is -0.379 e. The Bertz CT molecular complexity index is 566. The summed E-state index contributed by atoms with van der Waals surface area (Å²) in [5.41, 5.74) is 2.94. The highest BCUT2D eigenvalue weighted by molar-refractivity contribution is 5.47. The molecule has 100 valence electrons. The van der Waals surface area contributed by atoms with Crippen LogP contribution in [0.4, 0.5) is 14.5 Å². The lowest BCUT2D eigenvalue weighted by Gasteiger charge is -2.16. The zero-order chi connectivity index (χ0) is 13.8. The van der Waals surface area contributed by atoms with E-state index in [-0.39, 0.29) is 6.04 Å². The van der Waals surface area contributed by atoms with Gasteiger partial charge in [0.2, 0.25) is 0 Å². The highest BCUT2D eigenvalue weighted by Crippen LogP contribution is 2.21.